The van der Waals surface area contributed by atoms with Crippen LogP contribution in [0.5, 0.6) is 5.88 Å². The van der Waals surface area contributed by atoms with E-state index < -0.39 is 12.8 Å². The predicted molar refractivity (Wildman–Crippen MR) is 105 cm³/mol. The molecule has 0 unspecified atom stereocenters. The normalized spacial score (nSPS) is 14.4. The van der Waals surface area contributed by atoms with Crippen LogP contribution in [-0.4, -0.2) is 59.9 Å². The Labute approximate surface area is 175 Å². The number of carbonyl (C=O) groups excluding carboxylic acids is 1. The number of nitrogens with zero attached hydrogens (tertiary/aromatic N) is 3. The Morgan fingerprint density at radius 2 is 2.06 bits per heavy atom. The van der Waals surface area contributed by atoms with E-state index in [1.165, 1.54) is 18.3 Å². The van der Waals surface area contributed by atoms with Gasteiger partial charge in [0.2, 0.25) is 17.7 Å². The molecule has 31 heavy (non-hydrogen) atoms. The van der Waals surface area contributed by atoms with Gasteiger partial charge in [0.05, 0.1) is 25.1 Å². The predicted octanol–water partition coefficient (Wildman–Crippen LogP) is 1.82. The van der Waals surface area contributed by atoms with Gasteiger partial charge in [-0.05, 0) is 19.4 Å². The first kappa shape index (κ1) is 22.5. The van der Waals surface area contributed by atoms with E-state index in [1.54, 1.807) is 6.92 Å². The van der Waals surface area contributed by atoms with Crippen molar-refractivity contribution < 1.29 is 27.4 Å². The minimum Gasteiger partial charge on any atom is -0.468 e. The topological polar surface area (TPSA) is 109 Å². The number of aromatic amines is 1. The number of nitrogens with one attached hydrogen (secondary N) is 2. The lowest BCUT2D eigenvalue weighted by molar-refractivity contribution is -0.154. The number of H-pyrrole nitrogens is 1. The van der Waals surface area contributed by atoms with Crippen LogP contribution in [0.15, 0.2) is 23.1 Å². The van der Waals surface area contributed by atoms with E-state index in [0.717, 1.165) is 0 Å². The van der Waals surface area contributed by atoms with Gasteiger partial charge in [-0.25, -0.2) is 9.97 Å². The molecule has 1 amide bonds. The molecule has 3 rings (SSSR count). The molecule has 0 aliphatic carbocycles. The third-order valence-electron chi connectivity index (χ3n) is 4.53. The standard InChI is InChI=1S/C19H22F3N5O4/c1-12-14(17(29)26-18(24-12)27-6-8-30-9-7-27)3-4-15(28)25-13-2-5-16(23-10-13)31-11-19(20,21)22/h2,5,10H,3-4,6-9,11H2,1H3,(H,25,28)(H,24,26,29). The van der Waals surface area contributed by atoms with Gasteiger partial charge >= 0.3 is 6.18 Å². The molecule has 168 valence electrons. The lowest BCUT2D eigenvalue weighted by Gasteiger charge is -2.27. The Morgan fingerprint density at radius 3 is 2.68 bits per heavy atom. The van der Waals surface area contributed by atoms with Crippen LogP contribution in [0.3, 0.4) is 0 Å². The summed E-state index contributed by atoms with van der Waals surface area (Å²) in [4.78, 5) is 37.5. The zero-order valence-corrected chi connectivity index (χ0v) is 16.8. The van der Waals surface area contributed by atoms with Crippen molar-refractivity contribution in [3.8, 4) is 5.88 Å². The Hall–Kier alpha value is -3.15. The summed E-state index contributed by atoms with van der Waals surface area (Å²) in [5.41, 5.74) is 0.970. The third kappa shape index (κ3) is 6.67. The van der Waals surface area contributed by atoms with Gasteiger partial charge < -0.3 is 19.7 Å². The number of alkyl halides is 3. The van der Waals surface area contributed by atoms with Gasteiger partial charge in [0.1, 0.15) is 0 Å². The molecular weight excluding hydrogens is 419 g/mol. The van der Waals surface area contributed by atoms with Gasteiger partial charge in [-0.2, -0.15) is 13.2 Å². The van der Waals surface area contributed by atoms with Crippen LogP contribution in [-0.2, 0) is 16.0 Å². The van der Waals surface area contributed by atoms with E-state index in [1.807, 2.05) is 4.90 Å². The first-order valence-electron chi connectivity index (χ1n) is 9.59. The number of aromatic nitrogens is 3. The molecule has 0 saturated carbocycles. The molecule has 12 heteroatoms. The van der Waals surface area contributed by atoms with Crippen LogP contribution >= 0.6 is 0 Å². The molecule has 1 aliphatic rings. The van der Waals surface area contributed by atoms with Gasteiger partial charge in [0.15, 0.2) is 6.61 Å². The smallest absolute Gasteiger partial charge is 0.422 e. The lowest BCUT2D eigenvalue weighted by atomic mass is 10.1. The van der Waals surface area contributed by atoms with Crippen LogP contribution in [0, 0.1) is 6.92 Å². The summed E-state index contributed by atoms with van der Waals surface area (Å²) in [5.74, 6) is -0.0939. The fourth-order valence-electron chi connectivity index (χ4n) is 2.97. The molecule has 1 saturated heterocycles. The van der Waals surface area contributed by atoms with Crippen LogP contribution in [0.4, 0.5) is 24.8 Å². The Balaban J connectivity index is 1.54. The number of morpholine rings is 1. The van der Waals surface area contributed by atoms with Crippen molar-refractivity contribution in [1.82, 2.24) is 15.0 Å². The minimum atomic E-state index is -4.46. The second kappa shape index (κ2) is 9.77. The average molecular weight is 441 g/mol. The van der Waals surface area contributed by atoms with Gasteiger partial charge in [0, 0.05) is 36.8 Å². The second-order valence-electron chi connectivity index (χ2n) is 6.89. The minimum absolute atomic E-state index is 0.0226. The van der Waals surface area contributed by atoms with E-state index in [2.05, 4.69) is 25.0 Å². The zero-order chi connectivity index (χ0) is 22.4. The largest absolute Gasteiger partial charge is 0.468 e. The molecule has 0 atom stereocenters. The number of hydrogen-bond donors (Lipinski definition) is 2. The molecule has 2 aromatic heterocycles. The highest BCUT2D eigenvalue weighted by atomic mass is 19.4. The number of anilines is 2. The highest BCUT2D eigenvalue weighted by Crippen LogP contribution is 2.18. The zero-order valence-electron chi connectivity index (χ0n) is 16.8. The average Bonchev–Trinajstić information content (AvgIpc) is 2.72. The number of halogens is 3. The monoisotopic (exact) mass is 441 g/mol. The number of aryl methyl sites for hydroxylation is 1. The molecule has 9 nitrogen and oxygen atoms in total. The van der Waals surface area contributed by atoms with Crippen LogP contribution in [0.2, 0.25) is 0 Å². The van der Waals surface area contributed by atoms with Crippen molar-refractivity contribution in [3.05, 3.63) is 39.9 Å². The van der Waals surface area contributed by atoms with E-state index in [0.29, 0.717) is 49.2 Å². The molecule has 0 bridgehead atoms. The maximum Gasteiger partial charge on any atom is 0.422 e. The third-order valence-corrected chi connectivity index (χ3v) is 4.53. The fraction of sp³-hybridized carbons (Fsp3) is 0.474. The second-order valence-corrected chi connectivity index (χ2v) is 6.89. The van der Waals surface area contributed by atoms with E-state index in [-0.39, 0.29) is 30.2 Å². The lowest BCUT2D eigenvalue weighted by Crippen LogP contribution is -2.38. The molecule has 0 spiro atoms. The Morgan fingerprint density at radius 1 is 1.32 bits per heavy atom. The van der Waals surface area contributed by atoms with E-state index in [4.69, 9.17) is 4.74 Å². The molecule has 2 N–H and O–H groups in total. The van der Waals surface area contributed by atoms with Crippen molar-refractivity contribution in [1.29, 1.82) is 0 Å². The van der Waals surface area contributed by atoms with E-state index >= 15 is 0 Å². The highest BCUT2D eigenvalue weighted by molar-refractivity contribution is 5.90. The number of pyridine rings is 1. The number of hydrogen-bond acceptors (Lipinski definition) is 7. The summed E-state index contributed by atoms with van der Waals surface area (Å²) < 4.78 is 46.2. The van der Waals surface area contributed by atoms with Crippen LogP contribution in [0.1, 0.15) is 17.7 Å². The van der Waals surface area contributed by atoms with E-state index in [9.17, 15) is 22.8 Å². The molecule has 1 aliphatic heterocycles. The van der Waals surface area contributed by atoms with Gasteiger partial charge in [-0.15, -0.1) is 0 Å². The number of carbonyl (C=O) groups is 1. The quantitative estimate of drug-likeness (QED) is 0.675. The fourth-order valence-corrected chi connectivity index (χ4v) is 2.97. The Bertz CT molecular complexity index is 956. The molecule has 0 radical (unpaired) electrons. The summed E-state index contributed by atoms with van der Waals surface area (Å²) in [6.45, 7) is 2.67. The van der Waals surface area contributed by atoms with Crippen LogP contribution in [0.25, 0.3) is 0 Å². The summed E-state index contributed by atoms with van der Waals surface area (Å²) in [5, 5.41) is 2.58. The summed E-state index contributed by atoms with van der Waals surface area (Å²) in [7, 11) is 0. The van der Waals surface area contributed by atoms with Crippen molar-refractivity contribution >= 4 is 17.5 Å². The SMILES string of the molecule is Cc1nc(N2CCOCC2)[nH]c(=O)c1CCC(=O)Nc1ccc(OCC(F)(F)F)nc1. The van der Waals surface area contributed by atoms with Crippen molar-refractivity contribution in [2.24, 2.45) is 0 Å². The Kier molecular flexibility index (Phi) is 7.10. The maximum absolute atomic E-state index is 12.5. The van der Waals surface area contributed by atoms with Crippen LogP contribution < -0.4 is 20.5 Å². The first-order valence-corrected chi connectivity index (χ1v) is 9.59. The molecular formula is C19H22F3N5O4. The summed E-state index contributed by atoms with van der Waals surface area (Å²) >= 11 is 0. The van der Waals surface area contributed by atoms with Gasteiger partial charge in [-0.3, -0.25) is 14.6 Å². The molecule has 1 fully saturated rings. The molecule has 3 heterocycles. The molecule has 0 aromatic carbocycles. The van der Waals surface area contributed by atoms with Crippen molar-refractivity contribution in [2.45, 2.75) is 25.9 Å². The number of ether oxygens (including phenoxy) is 2. The van der Waals surface area contributed by atoms with Crippen molar-refractivity contribution in [2.75, 3.05) is 43.1 Å². The van der Waals surface area contributed by atoms with Gasteiger partial charge in [-0.1, -0.05) is 0 Å². The van der Waals surface area contributed by atoms with Gasteiger partial charge in [0.25, 0.3) is 5.56 Å². The maximum atomic E-state index is 12.5. The summed E-state index contributed by atoms with van der Waals surface area (Å²) in [6, 6.07) is 2.61. The molecule has 2 aromatic rings. The van der Waals surface area contributed by atoms with Crippen molar-refractivity contribution in [3.63, 3.8) is 0 Å². The number of amides is 1. The first-order chi connectivity index (χ1) is 14.7. The summed E-state index contributed by atoms with van der Waals surface area (Å²) in [6.07, 6.45) is -3.06. The number of rotatable bonds is 7. The highest BCUT2D eigenvalue weighted by Gasteiger charge is 2.28.